The molecule has 0 aromatic heterocycles. The Bertz CT molecular complexity index is 800. The maximum Gasteiger partial charge on any atom is 0.303 e. The number of hydrogen-bond acceptors (Lipinski definition) is 19. The molecule has 356 valence electrons. The Morgan fingerprint density at radius 3 is 0.525 bits per heavy atom. The molecule has 0 heterocycles. The Balaban J connectivity index is -0.000000112. The summed E-state index contributed by atoms with van der Waals surface area (Å²) in [5, 5.41) is 102. The molecule has 59 heavy (non-hydrogen) atoms. The lowest BCUT2D eigenvalue weighted by atomic mass is 9.91. The normalized spacial score (nSPS) is 9.97. The zero-order valence-electron chi connectivity index (χ0n) is 33.3. The monoisotopic (exact) mass is 974 g/mol. The van der Waals surface area contributed by atoms with Gasteiger partial charge in [0.15, 0.2) is 0 Å². The summed E-state index contributed by atoms with van der Waals surface area (Å²) in [7, 11) is 0. The van der Waals surface area contributed by atoms with E-state index in [0.717, 1.165) is 0 Å². The second-order valence-corrected chi connectivity index (χ2v) is 14.5. The van der Waals surface area contributed by atoms with E-state index in [1.807, 2.05) is 0 Å². The number of carboxylic acid groups (broad SMARTS) is 6. The van der Waals surface area contributed by atoms with Gasteiger partial charge < -0.3 is 66.0 Å². The van der Waals surface area contributed by atoms with Gasteiger partial charge in [0.2, 0.25) is 0 Å². The van der Waals surface area contributed by atoms with Gasteiger partial charge in [-0.25, -0.2) is 0 Å². The van der Waals surface area contributed by atoms with Crippen molar-refractivity contribution in [2.45, 2.75) is 77.0 Å². The molecule has 0 unspecified atom stereocenters. The summed E-state index contributed by atoms with van der Waals surface area (Å²) < 4.78 is 5.15. The molecule has 0 amide bonds. The molecule has 0 aliphatic carbocycles. The summed E-state index contributed by atoms with van der Waals surface area (Å²) in [4.78, 5) is 58.3. The van der Waals surface area contributed by atoms with E-state index < -0.39 is 86.3 Å². The minimum atomic E-state index is -1.16. The predicted molar refractivity (Wildman–Crippen MR) is 243 cm³/mol. The fourth-order valence-electron chi connectivity index (χ4n) is 2.44. The number of rotatable bonds is 28. The second-order valence-electron chi connectivity index (χ2n) is 11.8. The van der Waals surface area contributed by atoms with Crippen LogP contribution in [-0.4, -0.2) is 184 Å². The second kappa shape index (κ2) is 56.6. The summed E-state index contributed by atoms with van der Waals surface area (Å²) in [5.41, 5.74) is -2.32. The number of thiol groups is 6. The van der Waals surface area contributed by atoms with E-state index in [0.29, 0.717) is 73.0 Å². The van der Waals surface area contributed by atoms with E-state index in [1.165, 1.54) is 0 Å². The van der Waals surface area contributed by atoms with Crippen LogP contribution in [0.1, 0.15) is 77.0 Å². The Labute approximate surface area is 379 Å². The van der Waals surface area contributed by atoms with Gasteiger partial charge in [0.1, 0.15) is 0 Å². The van der Waals surface area contributed by atoms with Crippen LogP contribution in [0, 0.1) is 10.8 Å². The molecule has 0 radical (unpaired) electrons. The van der Waals surface area contributed by atoms with E-state index in [4.69, 9.17) is 66.0 Å². The Hall–Kier alpha value is -1.36. The largest absolute Gasteiger partial charge is 0.481 e. The summed E-state index contributed by atoms with van der Waals surface area (Å²) in [6, 6.07) is 0. The lowest BCUT2D eigenvalue weighted by Gasteiger charge is -2.31. The van der Waals surface area contributed by atoms with Crippen molar-refractivity contribution >= 4 is 112 Å². The first-order valence-electron chi connectivity index (χ1n) is 17.9. The zero-order valence-corrected chi connectivity index (χ0v) is 38.7. The minimum absolute atomic E-state index is 0.141. The van der Waals surface area contributed by atoms with Crippen LogP contribution in [0.4, 0.5) is 0 Å². The third-order valence-electron chi connectivity index (χ3n) is 6.12. The first-order chi connectivity index (χ1) is 27.7. The molecule has 0 atom stereocenters. The molecule has 0 rings (SSSR count). The van der Waals surface area contributed by atoms with Crippen molar-refractivity contribution in [2.75, 3.05) is 87.4 Å². The molecule has 0 bridgehead atoms. The van der Waals surface area contributed by atoms with Gasteiger partial charge in [0.25, 0.3) is 0 Å². The quantitative estimate of drug-likeness (QED) is 0.0495. The smallest absolute Gasteiger partial charge is 0.303 e. The number of aliphatic carboxylic acids is 6. The standard InChI is InChI=1S/C10H22O7.6C4H8O2S/c11-1-9(2-12,3-13)7-17-8-10(4-14,5-15)6-16;6*5-4(6)2-1-3-7/h11-16H,1-8H2;6*7H,1-3H2,(H,5,6). The van der Waals surface area contributed by atoms with Crippen LogP contribution >= 0.6 is 75.8 Å². The van der Waals surface area contributed by atoms with Crippen molar-refractivity contribution in [3.63, 3.8) is 0 Å². The van der Waals surface area contributed by atoms with Crippen LogP contribution in [0.3, 0.4) is 0 Å². The van der Waals surface area contributed by atoms with Gasteiger partial charge in [-0.15, -0.1) is 0 Å². The first kappa shape index (κ1) is 72.1. The van der Waals surface area contributed by atoms with Crippen LogP contribution in [0.5, 0.6) is 0 Å². The third-order valence-corrected chi connectivity index (χ3v) is 8.02. The average molecular weight is 975 g/mol. The van der Waals surface area contributed by atoms with E-state index in [-0.39, 0.29) is 51.7 Å². The van der Waals surface area contributed by atoms with E-state index in [2.05, 4.69) is 75.8 Å². The fourth-order valence-corrected chi connectivity index (χ4v) is 3.39. The van der Waals surface area contributed by atoms with Gasteiger partial charge in [-0.05, 0) is 73.0 Å². The van der Waals surface area contributed by atoms with E-state index in [9.17, 15) is 28.8 Å². The van der Waals surface area contributed by atoms with Crippen LogP contribution in [-0.2, 0) is 33.5 Å². The highest BCUT2D eigenvalue weighted by molar-refractivity contribution is 7.81. The van der Waals surface area contributed by atoms with Gasteiger partial charge in [0, 0.05) is 38.5 Å². The van der Waals surface area contributed by atoms with Crippen LogP contribution < -0.4 is 0 Å². The van der Waals surface area contributed by atoms with Gasteiger partial charge in [-0.3, -0.25) is 28.8 Å². The lowest BCUT2D eigenvalue weighted by Crippen LogP contribution is -2.43. The molecule has 25 heteroatoms. The number of carboxylic acids is 6. The highest BCUT2D eigenvalue weighted by atomic mass is 32.1. The SMILES string of the molecule is O=C(O)CCCS.O=C(O)CCCS.O=C(O)CCCS.O=C(O)CCCS.O=C(O)CCCS.O=C(O)CCCS.OCC(CO)(CO)COCC(CO)(CO)CO. The van der Waals surface area contributed by atoms with Gasteiger partial charge >= 0.3 is 35.8 Å². The molecule has 12 N–H and O–H groups in total. The van der Waals surface area contributed by atoms with Crippen molar-refractivity contribution in [3.05, 3.63) is 0 Å². The van der Waals surface area contributed by atoms with Crippen LogP contribution in [0.2, 0.25) is 0 Å². The van der Waals surface area contributed by atoms with E-state index in [1.54, 1.807) is 0 Å². The van der Waals surface area contributed by atoms with Crippen molar-refractivity contribution in [1.82, 2.24) is 0 Å². The number of hydrogen-bond donors (Lipinski definition) is 18. The molecule has 0 saturated heterocycles. The topological polar surface area (TPSA) is 354 Å². The molecule has 0 saturated carbocycles. The van der Waals surface area contributed by atoms with Gasteiger partial charge in [-0.2, -0.15) is 75.8 Å². The predicted octanol–water partition coefficient (Wildman–Crippen LogP) is 1.62. The average Bonchev–Trinajstić information content (AvgIpc) is 3.21. The number of aliphatic hydroxyl groups is 6. The summed E-state index contributed by atoms with van der Waals surface area (Å²) >= 11 is 23.0. The number of aliphatic hydroxyl groups excluding tert-OH is 6. The molecule has 0 aliphatic rings. The number of ether oxygens (including phenoxy) is 1. The first-order valence-corrected chi connectivity index (χ1v) is 21.7. The minimum Gasteiger partial charge on any atom is -0.481 e. The van der Waals surface area contributed by atoms with Crippen LogP contribution in [0.25, 0.3) is 0 Å². The molecule has 0 fully saturated rings. The van der Waals surface area contributed by atoms with Crippen molar-refractivity contribution in [1.29, 1.82) is 0 Å². The highest BCUT2D eigenvalue weighted by Gasteiger charge is 2.32. The maximum absolute atomic E-state index is 9.72. The molecule has 0 aromatic rings. The fraction of sp³-hybridized carbons (Fsp3) is 0.824. The summed E-state index contributed by atoms with van der Waals surface area (Å²) in [6.45, 7) is -3.01. The van der Waals surface area contributed by atoms with Crippen molar-refractivity contribution in [3.8, 4) is 0 Å². The Morgan fingerprint density at radius 2 is 0.458 bits per heavy atom. The molecular formula is C34H70O19S6. The molecule has 0 aromatic carbocycles. The Morgan fingerprint density at radius 1 is 0.322 bits per heavy atom. The lowest BCUT2D eigenvalue weighted by molar-refractivity contribution is -0.138. The van der Waals surface area contributed by atoms with Crippen molar-refractivity contribution in [2.24, 2.45) is 10.8 Å². The van der Waals surface area contributed by atoms with Crippen LogP contribution in [0.15, 0.2) is 0 Å². The zero-order chi connectivity index (χ0) is 47.6. The van der Waals surface area contributed by atoms with Crippen molar-refractivity contribution < 1.29 is 94.8 Å². The molecule has 0 spiro atoms. The third kappa shape index (κ3) is 71.5. The summed E-state index contributed by atoms with van der Waals surface area (Å²) in [6.07, 6.45) is 5.43. The molecular weight excluding hydrogens is 905 g/mol. The summed E-state index contributed by atoms with van der Waals surface area (Å²) in [5.74, 6) is -0.496. The maximum atomic E-state index is 9.72. The number of carbonyl (C=O) groups is 6. The van der Waals surface area contributed by atoms with E-state index >= 15 is 0 Å². The molecule has 19 nitrogen and oxygen atoms in total. The molecule has 0 aliphatic heterocycles. The van der Waals surface area contributed by atoms with Gasteiger partial charge in [-0.1, -0.05) is 0 Å². The highest BCUT2D eigenvalue weighted by Crippen LogP contribution is 2.19. The Kier molecular flexibility index (Phi) is 69.2. The van der Waals surface area contributed by atoms with Gasteiger partial charge in [0.05, 0.1) is 63.7 Å².